The van der Waals surface area contributed by atoms with Crippen LogP contribution >= 0.6 is 11.6 Å². The molecule has 0 saturated heterocycles. The number of aromatic nitrogens is 3. The zero-order chi connectivity index (χ0) is 11.1. The van der Waals surface area contributed by atoms with Gasteiger partial charge >= 0.3 is 0 Å². The van der Waals surface area contributed by atoms with E-state index in [0.717, 1.165) is 13.0 Å². The van der Waals surface area contributed by atoms with Crippen molar-refractivity contribution in [3.8, 4) is 0 Å². The number of hydrogen-bond acceptors (Lipinski definition) is 3. The normalized spacial score (nSPS) is 28.8. The van der Waals surface area contributed by atoms with E-state index in [1.165, 1.54) is 0 Å². The summed E-state index contributed by atoms with van der Waals surface area (Å²) in [6.45, 7) is 7.17. The Hall–Kier alpha value is -0.610. The maximum Gasteiger partial charge on any atom is 0.225 e. The summed E-state index contributed by atoms with van der Waals surface area (Å²) < 4.78 is 7.59. The number of halogens is 1. The van der Waals surface area contributed by atoms with Crippen molar-refractivity contribution >= 4 is 11.6 Å². The molecule has 0 N–H and O–H groups in total. The largest absolute Gasteiger partial charge is 0.378 e. The molecule has 0 aliphatic heterocycles. The van der Waals surface area contributed by atoms with Gasteiger partial charge in [-0.05, 0) is 24.9 Å². The van der Waals surface area contributed by atoms with Crippen molar-refractivity contribution in [1.29, 1.82) is 0 Å². The van der Waals surface area contributed by atoms with Gasteiger partial charge in [-0.2, -0.15) is 0 Å². The van der Waals surface area contributed by atoms with Gasteiger partial charge in [0.2, 0.25) is 5.28 Å². The van der Waals surface area contributed by atoms with E-state index >= 15 is 0 Å². The lowest BCUT2D eigenvalue weighted by atomic mass is 9.64. The van der Waals surface area contributed by atoms with Gasteiger partial charge in [-0.1, -0.05) is 13.8 Å². The van der Waals surface area contributed by atoms with Crippen LogP contribution in [0.25, 0.3) is 0 Å². The van der Waals surface area contributed by atoms with Crippen molar-refractivity contribution in [3.63, 3.8) is 0 Å². The predicted molar refractivity (Wildman–Crippen MR) is 57.9 cm³/mol. The van der Waals surface area contributed by atoms with Crippen LogP contribution in [0.15, 0.2) is 6.33 Å². The van der Waals surface area contributed by atoms with Crippen LogP contribution in [0, 0.1) is 5.41 Å². The third-order valence-corrected chi connectivity index (χ3v) is 3.63. The summed E-state index contributed by atoms with van der Waals surface area (Å²) >= 11 is 5.95. The van der Waals surface area contributed by atoms with E-state index in [9.17, 15) is 0 Å². The van der Waals surface area contributed by atoms with Gasteiger partial charge in [0.25, 0.3) is 0 Å². The van der Waals surface area contributed by atoms with E-state index in [-0.39, 0.29) is 5.41 Å². The SMILES string of the molecule is CCOC1CC(n2cnnc2Cl)C1(C)C. The molecule has 5 heteroatoms. The van der Waals surface area contributed by atoms with Gasteiger partial charge in [-0.15, -0.1) is 10.2 Å². The predicted octanol–water partition coefficient (Wildman–Crippen LogP) is 2.31. The van der Waals surface area contributed by atoms with E-state index in [1.807, 2.05) is 11.5 Å². The van der Waals surface area contributed by atoms with Gasteiger partial charge < -0.3 is 9.30 Å². The monoisotopic (exact) mass is 229 g/mol. The Kier molecular flexibility index (Phi) is 2.73. The maximum absolute atomic E-state index is 5.95. The third kappa shape index (κ3) is 1.66. The van der Waals surface area contributed by atoms with Gasteiger partial charge in [0, 0.05) is 18.1 Å². The molecule has 1 aliphatic carbocycles. The Labute approximate surface area is 94.6 Å². The number of nitrogens with zero attached hydrogens (tertiary/aromatic N) is 3. The first-order valence-corrected chi connectivity index (χ1v) is 5.61. The molecule has 1 saturated carbocycles. The molecule has 0 spiro atoms. The van der Waals surface area contributed by atoms with E-state index in [1.54, 1.807) is 6.33 Å². The molecule has 15 heavy (non-hydrogen) atoms. The van der Waals surface area contributed by atoms with Crippen LogP contribution in [0.3, 0.4) is 0 Å². The fourth-order valence-electron chi connectivity index (χ4n) is 2.26. The molecule has 0 aromatic carbocycles. The van der Waals surface area contributed by atoms with Crippen molar-refractivity contribution in [3.05, 3.63) is 11.6 Å². The van der Waals surface area contributed by atoms with E-state index in [0.29, 0.717) is 17.4 Å². The van der Waals surface area contributed by atoms with Crippen LogP contribution < -0.4 is 0 Å². The maximum atomic E-state index is 5.95. The molecular formula is C10H16ClN3O. The van der Waals surface area contributed by atoms with Gasteiger partial charge in [-0.3, -0.25) is 0 Å². The average Bonchev–Trinajstić information content (AvgIpc) is 2.58. The van der Waals surface area contributed by atoms with E-state index in [2.05, 4.69) is 24.0 Å². The van der Waals surface area contributed by atoms with Gasteiger partial charge in [0.05, 0.1) is 6.10 Å². The van der Waals surface area contributed by atoms with Crippen LogP contribution in [0.5, 0.6) is 0 Å². The minimum Gasteiger partial charge on any atom is -0.378 e. The van der Waals surface area contributed by atoms with Crippen LogP contribution in [0.4, 0.5) is 0 Å². The summed E-state index contributed by atoms with van der Waals surface area (Å²) in [5.74, 6) is 0. The molecule has 1 aromatic rings. The van der Waals surface area contributed by atoms with Crippen molar-refractivity contribution in [2.24, 2.45) is 5.41 Å². The molecule has 0 amide bonds. The molecule has 1 aromatic heterocycles. The van der Waals surface area contributed by atoms with Crippen molar-refractivity contribution < 1.29 is 4.74 Å². The average molecular weight is 230 g/mol. The summed E-state index contributed by atoms with van der Waals surface area (Å²) in [5, 5.41) is 8.06. The number of hydrogen-bond donors (Lipinski definition) is 0. The van der Waals surface area contributed by atoms with Gasteiger partial charge in [0.15, 0.2) is 0 Å². The van der Waals surface area contributed by atoms with Crippen molar-refractivity contribution in [1.82, 2.24) is 14.8 Å². The Morgan fingerprint density at radius 3 is 2.87 bits per heavy atom. The zero-order valence-corrected chi connectivity index (χ0v) is 10.0. The number of rotatable bonds is 3. The molecule has 0 radical (unpaired) electrons. The van der Waals surface area contributed by atoms with Crippen LogP contribution in [0.1, 0.15) is 33.2 Å². The van der Waals surface area contributed by atoms with Crippen molar-refractivity contribution in [2.45, 2.75) is 39.3 Å². The van der Waals surface area contributed by atoms with E-state index < -0.39 is 0 Å². The summed E-state index contributed by atoms with van der Waals surface area (Å²) in [6.07, 6.45) is 2.99. The molecule has 1 heterocycles. The second-order valence-electron chi connectivity index (χ2n) is 4.52. The smallest absolute Gasteiger partial charge is 0.225 e. The Bertz CT molecular complexity index is 350. The molecule has 2 rings (SSSR count). The van der Waals surface area contributed by atoms with Gasteiger partial charge in [0.1, 0.15) is 6.33 Å². The molecule has 2 atom stereocenters. The highest BCUT2D eigenvalue weighted by molar-refractivity contribution is 6.28. The Morgan fingerprint density at radius 1 is 1.67 bits per heavy atom. The van der Waals surface area contributed by atoms with Crippen LogP contribution in [-0.2, 0) is 4.74 Å². The molecule has 84 valence electrons. The fraction of sp³-hybridized carbons (Fsp3) is 0.800. The fourth-order valence-corrected chi connectivity index (χ4v) is 2.46. The molecule has 0 bridgehead atoms. The minimum absolute atomic E-state index is 0.0992. The van der Waals surface area contributed by atoms with Crippen LogP contribution in [0.2, 0.25) is 5.28 Å². The lowest BCUT2D eigenvalue weighted by Gasteiger charge is -2.51. The first-order chi connectivity index (χ1) is 7.07. The first kappa shape index (κ1) is 10.9. The molecule has 4 nitrogen and oxygen atoms in total. The van der Waals surface area contributed by atoms with Crippen LogP contribution in [-0.4, -0.2) is 27.5 Å². The molecule has 1 aliphatic rings. The quantitative estimate of drug-likeness (QED) is 0.799. The second-order valence-corrected chi connectivity index (χ2v) is 4.86. The summed E-state index contributed by atoms with van der Waals surface area (Å²) in [7, 11) is 0. The molecule has 1 fully saturated rings. The summed E-state index contributed by atoms with van der Waals surface area (Å²) in [6, 6.07) is 0.344. The Balaban J connectivity index is 2.13. The highest BCUT2D eigenvalue weighted by Crippen LogP contribution is 2.51. The highest BCUT2D eigenvalue weighted by atomic mass is 35.5. The lowest BCUT2D eigenvalue weighted by Crippen LogP contribution is -2.51. The first-order valence-electron chi connectivity index (χ1n) is 5.24. The van der Waals surface area contributed by atoms with E-state index in [4.69, 9.17) is 16.3 Å². The molecule has 2 unspecified atom stereocenters. The van der Waals surface area contributed by atoms with Crippen molar-refractivity contribution in [2.75, 3.05) is 6.61 Å². The third-order valence-electron chi connectivity index (χ3n) is 3.36. The van der Waals surface area contributed by atoms with Gasteiger partial charge in [-0.25, -0.2) is 0 Å². The summed E-state index contributed by atoms with van der Waals surface area (Å²) in [4.78, 5) is 0. The Morgan fingerprint density at radius 2 is 2.40 bits per heavy atom. The standard InChI is InChI=1S/C10H16ClN3O/c1-4-15-8-5-7(10(8,2)3)14-6-12-13-9(14)11/h6-8H,4-5H2,1-3H3. The molecular weight excluding hydrogens is 214 g/mol. The zero-order valence-electron chi connectivity index (χ0n) is 9.27. The second kappa shape index (κ2) is 3.76. The highest BCUT2D eigenvalue weighted by Gasteiger charge is 2.50. The topological polar surface area (TPSA) is 39.9 Å². The number of ether oxygens (including phenoxy) is 1. The minimum atomic E-state index is 0.0992. The lowest BCUT2D eigenvalue weighted by molar-refractivity contribution is -0.127. The summed E-state index contributed by atoms with van der Waals surface area (Å²) in [5.41, 5.74) is 0.0992.